The highest BCUT2D eigenvalue weighted by Crippen LogP contribution is 2.11. The smallest absolute Gasteiger partial charge is 0.192 e. The molecule has 0 atom stereocenters. The summed E-state index contributed by atoms with van der Waals surface area (Å²) in [5.74, 6) is 0. The molecule has 0 spiro atoms. The molecule has 0 aliphatic rings. The number of hydrogen-bond acceptors (Lipinski definition) is 4. The lowest BCUT2D eigenvalue weighted by Gasteiger charge is -2.04. The van der Waals surface area contributed by atoms with Crippen molar-refractivity contribution in [3.8, 4) is 0 Å². The lowest BCUT2D eigenvalue weighted by Crippen LogP contribution is -2.20. The van der Waals surface area contributed by atoms with Crippen LogP contribution in [0.25, 0.3) is 0 Å². The average Bonchev–Trinajstić information content (AvgIpc) is 2.18. The van der Waals surface area contributed by atoms with Gasteiger partial charge in [0.15, 0.2) is 0 Å². The predicted molar refractivity (Wildman–Crippen MR) is 57.6 cm³/mol. The van der Waals surface area contributed by atoms with E-state index in [-0.39, 0.29) is 11.4 Å². The Balaban J connectivity index is 2.77. The van der Waals surface area contributed by atoms with Gasteiger partial charge < -0.3 is 0 Å². The molecular weight excluding hydrogens is 214 g/mol. The summed E-state index contributed by atoms with van der Waals surface area (Å²) in [5.41, 5.74) is 3.28. The van der Waals surface area contributed by atoms with Crippen molar-refractivity contribution in [2.45, 2.75) is 11.8 Å². The SMILES string of the molecule is C=CCNOS(=O)(=O)c1ccc(C)cc1. The minimum Gasteiger partial charge on any atom is -0.192 e. The molecule has 82 valence electrons. The molecule has 0 saturated heterocycles. The summed E-state index contributed by atoms with van der Waals surface area (Å²) < 4.78 is 27.5. The first-order valence-corrected chi connectivity index (χ1v) is 5.81. The van der Waals surface area contributed by atoms with E-state index < -0.39 is 10.1 Å². The first-order valence-electron chi connectivity index (χ1n) is 4.40. The second-order valence-electron chi connectivity index (χ2n) is 2.99. The highest BCUT2D eigenvalue weighted by Gasteiger charge is 2.14. The highest BCUT2D eigenvalue weighted by atomic mass is 32.2. The van der Waals surface area contributed by atoms with Crippen molar-refractivity contribution >= 4 is 10.1 Å². The Hall–Kier alpha value is -1.17. The highest BCUT2D eigenvalue weighted by molar-refractivity contribution is 7.86. The first-order chi connectivity index (χ1) is 7.06. The van der Waals surface area contributed by atoms with Crippen molar-refractivity contribution in [2.75, 3.05) is 6.54 Å². The number of hydroxylamine groups is 1. The zero-order valence-corrected chi connectivity index (χ0v) is 9.25. The third-order valence-corrected chi connectivity index (χ3v) is 2.89. The van der Waals surface area contributed by atoms with Crippen LogP contribution >= 0.6 is 0 Å². The zero-order valence-electron chi connectivity index (χ0n) is 8.43. The molecule has 0 aromatic heterocycles. The van der Waals surface area contributed by atoms with Gasteiger partial charge in [0.25, 0.3) is 0 Å². The largest absolute Gasteiger partial charge is 0.312 e. The van der Waals surface area contributed by atoms with Crippen LogP contribution in [0.3, 0.4) is 0 Å². The van der Waals surface area contributed by atoms with Crippen LogP contribution in [0.2, 0.25) is 0 Å². The molecule has 1 aromatic rings. The van der Waals surface area contributed by atoms with Crippen molar-refractivity contribution in [1.29, 1.82) is 0 Å². The molecule has 5 heteroatoms. The summed E-state index contributed by atoms with van der Waals surface area (Å²) in [6.07, 6.45) is 1.50. The summed E-state index contributed by atoms with van der Waals surface area (Å²) >= 11 is 0. The van der Waals surface area contributed by atoms with Crippen molar-refractivity contribution in [3.63, 3.8) is 0 Å². The molecule has 0 radical (unpaired) electrons. The molecule has 0 unspecified atom stereocenters. The molecule has 15 heavy (non-hydrogen) atoms. The molecule has 1 rings (SSSR count). The van der Waals surface area contributed by atoms with Gasteiger partial charge in [-0.2, -0.15) is 18.2 Å². The van der Waals surface area contributed by atoms with Gasteiger partial charge in [0.1, 0.15) is 0 Å². The monoisotopic (exact) mass is 227 g/mol. The molecule has 0 amide bonds. The number of aryl methyl sites for hydroxylation is 1. The van der Waals surface area contributed by atoms with E-state index in [0.29, 0.717) is 0 Å². The quantitative estimate of drug-likeness (QED) is 0.469. The van der Waals surface area contributed by atoms with Gasteiger partial charge in [0, 0.05) is 6.54 Å². The summed E-state index contributed by atoms with van der Waals surface area (Å²) in [5, 5.41) is 0. The minimum atomic E-state index is -3.71. The molecule has 0 fully saturated rings. The number of nitrogens with one attached hydrogen (secondary N) is 1. The molecule has 1 aromatic carbocycles. The van der Waals surface area contributed by atoms with E-state index in [0.717, 1.165) is 5.56 Å². The Morgan fingerprint density at radius 1 is 1.40 bits per heavy atom. The fraction of sp³-hybridized carbons (Fsp3) is 0.200. The average molecular weight is 227 g/mol. The topological polar surface area (TPSA) is 55.4 Å². The Labute approximate surface area is 89.7 Å². The van der Waals surface area contributed by atoms with E-state index in [4.69, 9.17) is 0 Å². The molecular formula is C10H13NO3S. The number of rotatable bonds is 5. The van der Waals surface area contributed by atoms with E-state index in [1.807, 2.05) is 6.92 Å². The molecule has 0 aliphatic heterocycles. The van der Waals surface area contributed by atoms with E-state index in [2.05, 4.69) is 16.3 Å². The van der Waals surface area contributed by atoms with Gasteiger partial charge >= 0.3 is 10.1 Å². The van der Waals surface area contributed by atoms with Crippen LogP contribution in [-0.2, 0) is 14.4 Å². The van der Waals surface area contributed by atoms with Crippen LogP contribution in [0, 0.1) is 6.92 Å². The Bertz CT molecular complexity index is 422. The summed E-state index contributed by atoms with van der Waals surface area (Å²) in [6.45, 7) is 5.58. The van der Waals surface area contributed by atoms with Crippen molar-refractivity contribution in [3.05, 3.63) is 42.5 Å². The van der Waals surface area contributed by atoms with Crippen LogP contribution in [-0.4, -0.2) is 15.0 Å². The van der Waals surface area contributed by atoms with Gasteiger partial charge in [-0.1, -0.05) is 23.8 Å². The maximum absolute atomic E-state index is 11.5. The van der Waals surface area contributed by atoms with E-state index in [1.54, 1.807) is 12.1 Å². The van der Waals surface area contributed by atoms with Crippen LogP contribution in [0.4, 0.5) is 0 Å². The second kappa shape index (κ2) is 5.06. The van der Waals surface area contributed by atoms with Crippen LogP contribution in [0.5, 0.6) is 0 Å². The van der Waals surface area contributed by atoms with E-state index in [1.165, 1.54) is 18.2 Å². The lowest BCUT2D eigenvalue weighted by atomic mass is 10.2. The normalized spacial score (nSPS) is 11.3. The third-order valence-electron chi connectivity index (χ3n) is 1.71. The van der Waals surface area contributed by atoms with Crippen molar-refractivity contribution < 1.29 is 12.7 Å². The zero-order chi connectivity index (χ0) is 11.3. The predicted octanol–water partition coefficient (Wildman–Crippen LogP) is 1.39. The lowest BCUT2D eigenvalue weighted by molar-refractivity contribution is 0.217. The first kappa shape index (κ1) is 11.9. The maximum atomic E-state index is 11.5. The Morgan fingerprint density at radius 3 is 2.53 bits per heavy atom. The molecule has 4 nitrogen and oxygen atoms in total. The Kier molecular flexibility index (Phi) is 4.02. The molecule has 0 bridgehead atoms. The van der Waals surface area contributed by atoms with Crippen LogP contribution in [0.15, 0.2) is 41.8 Å². The molecule has 0 aliphatic carbocycles. The maximum Gasteiger partial charge on any atom is 0.312 e. The van der Waals surface area contributed by atoms with Gasteiger partial charge in [-0.15, -0.1) is 6.58 Å². The summed E-state index contributed by atoms with van der Waals surface area (Å²) in [6, 6.07) is 6.42. The molecule has 0 heterocycles. The van der Waals surface area contributed by atoms with Crippen molar-refractivity contribution in [1.82, 2.24) is 5.48 Å². The molecule has 0 saturated carbocycles. The fourth-order valence-corrected chi connectivity index (χ4v) is 1.71. The standard InChI is InChI=1S/C10H13NO3S/c1-3-8-11-14-15(12,13)10-6-4-9(2)5-7-10/h3-7,11H,1,8H2,2H3. The fourth-order valence-electron chi connectivity index (χ4n) is 0.924. The van der Waals surface area contributed by atoms with Gasteiger partial charge in [-0.05, 0) is 19.1 Å². The van der Waals surface area contributed by atoms with E-state index in [9.17, 15) is 8.42 Å². The third kappa shape index (κ3) is 3.47. The van der Waals surface area contributed by atoms with Gasteiger partial charge in [0.05, 0.1) is 4.90 Å². The van der Waals surface area contributed by atoms with Gasteiger partial charge in [0.2, 0.25) is 0 Å². The number of hydrogen-bond donors (Lipinski definition) is 1. The van der Waals surface area contributed by atoms with Crippen LogP contribution in [0.1, 0.15) is 5.56 Å². The molecule has 1 N–H and O–H groups in total. The summed E-state index contributed by atoms with van der Waals surface area (Å²) in [4.78, 5) is 0.129. The minimum absolute atomic E-state index is 0.129. The van der Waals surface area contributed by atoms with Crippen molar-refractivity contribution in [2.24, 2.45) is 0 Å². The van der Waals surface area contributed by atoms with Gasteiger partial charge in [-0.25, -0.2) is 0 Å². The second-order valence-corrected chi connectivity index (χ2v) is 4.53. The number of benzene rings is 1. The van der Waals surface area contributed by atoms with Crippen LogP contribution < -0.4 is 5.48 Å². The summed E-state index contributed by atoms with van der Waals surface area (Å²) in [7, 11) is -3.71. The van der Waals surface area contributed by atoms with E-state index >= 15 is 0 Å². The Morgan fingerprint density at radius 2 is 2.00 bits per heavy atom. The van der Waals surface area contributed by atoms with Gasteiger partial charge in [-0.3, -0.25) is 0 Å².